The molecule has 0 amide bonds. The molecule has 0 bridgehead atoms. The fourth-order valence-electron chi connectivity index (χ4n) is 2.18. The van der Waals surface area contributed by atoms with Crippen molar-refractivity contribution < 1.29 is 14.2 Å². The summed E-state index contributed by atoms with van der Waals surface area (Å²) >= 11 is 4.78. The molecule has 23 heavy (non-hydrogen) atoms. The molecular weight excluding hydrogens is 374 g/mol. The zero-order valence-electron chi connectivity index (χ0n) is 12.1. The van der Waals surface area contributed by atoms with E-state index >= 15 is 0 Å². The lowest BCUT2D eigenvalue weighted by Gasteiger charge is -2.00. The highest BCUT2D eigenvalue weighted by atomic mass is 79.9. The minimum atomic E-state index is -0.0220. The van der Waals surface area contributed by atoms with Gasteiger partial charge < -0.3 is 0 Å². The molecule has 0 aliphatic heterocycles. The molecule has 0 fully saturated rings. The Morgan fingerprint density at radius 1 is 0.913 bits per heavy atom. The smallest absolute Gasteiger partial charge is 0.237 e. The van der Waals surface area contributed by atoms with E-state index in [4.69, 9.17) is 0 Å². The van der Waals surface area contributed by atoms with Crippen LogP contribution in [0.5, 0.6) is 0 Å². The van der Waals surface area contributed by atoms with E-state index < -0.39 is 0 Å². The Bertz CT molecular complexity index is 841. The summed E-state index contributed by atoms with van der Waals surface area (Å²) in [5.74, 6) is 0.0269. The Kier molecular flexibility index (Phi) is 4.79. The number of thiophene rings is 1. The molecule has 3 aromatic rings. The zero-order valence-corrected chi connectivity index (χ0v) is 14.5. The van der Waals surface area contributed by atoms with Crippen LogP contribution in [0.4, 0.5) is 0 Å². The number of aromatic nitrogens is 1. The third kappa shape index (κ3) is 3.81. The number of halogens is 1. The molecule has 114 valence electrons. The van der Waals surface area contributed by atoms with Crippen molar-refractivity contribution in [3.8, 4) is 0 Å². The molecule has 2 heterocycles. The number of benzene rings is 1. The SMILES string of the molecule is O=C(c1ccccc1)c1cc[n+](CC(=O)c2ccc(Br)s2)cc1. The van der Waals surface area contributed by atoms with Crippen LogP contribution in [0, 0.1) is 0 Å². The summed E-state index contributed by atoms with van der Waals surface area (Å²) in [5.41, 5.74) is 1.27. The Morgan fingerprint density at radius 2 is 1.57 bits per heavy atom. The maximum absolute atomic E-state index is 12.3. The van der Waals surface area contributed by atoms with Gasteiger partial charge in [0.05, 0.1) is 8.66 Å². The molecule has 0 saturated heterocycles. The van der Waals surface area contributed by atoms with Crippen molar-refractivity contribution in [2.45, 2.75) is 6.54 Å². The van der Waals surface area contributed by atoms with Crippen LogP contribution in [0.2, 0.25) is 0 Å². The average Bonchev–Trinajstić information content (AvgIpc) is 3.02. The molecule has 0 aliphatic rings. The number of Topliss-reactive ketones (excluding diaryl/α,β-unsaturated/α-hetero) is 1. The van der Waals surface area contributed by atoms with Gasteiger partial charge in [-0.1, -0.05) is 30.3 Å². The number of rotatable bonds is 5. The van der Waals surface area contributed by atoms with E-state index in [0.717, 1.165) is 3.79 Å². The highest BCUT2D eigenvalue weighted by Crippen LogP contribution is 2.22. The Morgan fingerprint density at radius 3 is 2.17 bits per heavy atom. The molecule has 0 aliphatic carbocycles. The summed E-state index contributed by atoms with van der Waals surface area (Å²) in [4.78, 5) is 25.2. The van der Waals surface area contributed by atoms with Crippen LogP contribution in [0.1, 0.15) is 25.6 Å². The molecule has 0 spiro atoms. The summed E-state index contributed by atoms with van der Waals surface area (Å²) in [5, 5.41) is 0. The lowest BCUT2D eigenvalue weighted by Crippen LogP contribution is -2.37. The first-order valence-electron chi connectivity index (χ1n) is 7.01. The van der Waals surface area contributed by atoms with Gasteiger partial charge in [-0.2, -0.15) is 4.57 Å². The molecule has 5 heteroatoms. The standard InChI is InChI=1S/C18H13BrNO2S/c19-17-7-6-16(23-17)15(21)12-20-10-8-14(9-11-20)18(22)13-4-2-1-3-5-13/h1-11H,12H2/q+1. The molecule has 2 aromatic heterocycles. The normalized spacial score (nSPS) is 10.5. The number of nitrogens with zero attached hydrogens (tertiary/aromatic N) is 1. The van der Waals surface area contributed by atoms with Crippen molar-refractivity contribution >= 4 is 38.8 Å². The Balaban J connectivity index is 1.72. The molecule has 0 N–H and O–H groups in total. The van der Waals surface area contributed by atoms with Crippen LogP contribution in [0.25, 0.3) is 0 Å². The lowest BCUT2D eigenvalue weighted by atomic mass is 10.0. The zero-order chi connectivity index (χ0) is 16.2. The molecular formula is C18H13BrNO2S+. The molecule has 0 saturated carbocycles. The van der Waals surface area contributed by atoms with Crippen molar-refractivity contribution in [2.24, 2.45) is 0 Å². The highest BCUT2D eigenvalue weighted by Gasteiger charge is 2.15. The monoisotopic (exact) mass is 386 g/mol. The van der Waals surface area contributed by atoms with Crippen LogP contribution in [0.3, 0.4) is 0 Å². The fraction of sp³-hybridized carbons (Fsp3) is 0.0556. The van der Waals surface area contributed by atoms with Gasteiger partial charge in [-0.25, -0.2) is 0 Å². The predicted molar refractivity (Wildman–Crippen MR) is 92.9 cm³/mol. The molecule has 0 unspecified atom stereocenters. The van der Waals surface area contributed by atoms with Gasteiger partial charge in [0.15, 0.2) is 18.2 Å². The van der Waals surface area contributed by atoms with Gasteiger partial charge >= 0.3 is 0 Å². The Hall–Kier alpha value is -2.11. The van der Waals surface area contributed by atoms with Crippen molar-refractivity contribution in [2.75, 3.05) is 0 Å². The number of carbonyl (C=O) groups excluding carboxylic acids is 2. The van der Waals surface area contributed by atoms with Crippen molar-refractivity contribution in [3.63, 3.8) is 0 Å². The van der Waals surface area contributed by atoms with Crippen molar-refractivity contribution in [1.82, 2.24) is 0 Å². The van der Waals surface area contributed by atoms with E-state index in [0.29, 0.717) is 16.0 Å². The van der Waals surface area contributed by atoms with Crippen LogP contribution < -0.4 is 4.57 Å². The minimum Gasteiger partial charge on any atom is -0.289 e. The molecule has 0 radical (unpaired) electrons. The predicted octanol–water partition coefficient (Wildman–Crippen LogP) is 3.91. The molecule has 3 rings (SSSR count). The van der Waals surface area contributed by atoms with Crippen LogP contribution in [0.15, 0.2) is 70.8 Å². The number of pyridine rings is 1. The summed E-state index contributed by atoms with van der Waals surface area (Å²) in [6, 6.07) is 16.3. The van der Waals surface area contributed by atoms with Gasteiger partial charge in [-0.15, -0.1) is 11.3 Å². The van der Waals surface area contributed by atoms with Gasteiger partial charge in [-0.3, -0.25) is 9.59 Å². The topological polar surface area (TPSA) is 38.0 Å². The van der Waals surface area contributed by atoms with E-state index in [1.165, 1.54) is 11.3 Å². The second-order valence-electron chi connectivity index (χ2n) is 4.98. The van der Waals surface area contributed by atoms with E-state index in [2.05, 4.69) is 15.9 Å². The Labute approximate surface area is 146 Å². The second-order valence-corrected chi connectivity index (χ2v) is 7.44. The summed E-state index contributed by atoms with van der Waals surface area (Å²) < 4.78 is 2.72. The third-order valence-electron chi connectivity index (χ3n) is 3.36. The van der Waals surface area contributed by atoms with Gasteiger partial charge in [0.25, 0.3) is 0 Å². The van der Waals surface area contributed by atoms with Crippen LogP contribution in [-0.4, -0.2) is 11.6 Å². The van der Waals surface area contributed by atoms with E-state index in [9.17, 15) is 9.59 Å². The van der Waals surface area contributed by atoms with Crippen molar-refractivity contribution in [1.29, 1.82) is 0 Å². The van der Waals surface area contributed by atoms with E-state index in [1.807, 2.05) is 30.3 Å². The largest absolute Gasteiger partial charge is 0.289 e. The summed E-state index contributed by atoms with van der Waals surface area (Å²) in [6.45, 7) is 0.257. The second kappa shape index (κ2) is 6.98. The summed E-state index contributed by atoms with van der Waals surface area (Å²) in [6.07, 6.45) is 3.52. The number of ketones is 2. The highest BCUT2D eigenvalue weighted by molar-refractivity contribution is 9.11. The van der Waals surface area contributed by atoms with E-state index in [1.54, 1.807) is 41.2 Å². The van der Waals surface area contributed by atoms with E-state index in [-0.39, 0.29) is 18.1 Å². The molecule has 0 atom stereocenters. The van der Waals surface area contributed by atoms with Crippen LogP contribution >= 0.6 is 27.3 Å². The number of carbonyl (C=O) groups is 2. The number of hydrogen-bond acceptors (Lipinski definition) is 3. The maximum atomic E-state index is 12.3. The van der Waals surface area contributed by atoms with Crippen molar-refractivity contribution in [3.05, 3.63) is 86.8 Å². The fourth-order valence-corrected chi connectivity index (χ4v) is 3.49. The molecule has 3 nitrogen and oxygen atoms in total. The van der Waals surface area contributed by atoms with Gasteiger partial charge in [0.2, 0.25) is 12.3 Å². The number of hydrogen-bond donors (Lipinski definition) is 0. The molecule has 1 aromatic carbocycles. The minimum absolute atomic E-state index is 0.0220. The first-order chi connectivity index (χ1) is 11.1. The first kappa shape index (κ1) is 15.8. The quantitative estimate of drug-likeness (QED) is 0.492. The third-order valence-corrected chi connectivity index (χ3v) is 5.03. The van der Waals surface area contributed by atoms with Crippen LogP contribution in [-0.2, 0) is 6.54 Å². The van der Waals surface area contributed by atoms with Gasteiger partial charge in [-0.05, 0) is 28.1 Å². The summed E-state index contributed by atoms with van der Waals surface area (Å²) in [7, 11) is 0. The lowest BCUT2D eigenvalue weighted by molar-refractivity contribution is -0.683. The maximum Gasteiger partial charge on any atom is 0.237 e. The first-order valence-corrected chi connectivity index (χ1v) is 8.62. The van der Waals surface area contributed by atoms with Gasteiger partial charge in [0.1, 0.15) is 0 Å². The van der Waals surface area contributed by atoms with Gasteiger partial charge in [0, 0.05) is 23.3 Å². The average molecular weight is 387 g/mol.